The minimum absolute atomic E-state index is 0.0729. The van der Waals surface area contributed by atoms with Crippen LogP contribution in [-0.2, 0) is 16.1 Å². The fraction of sp³-hybridized carbons (Fsp3) is 0.667. The minimum atomic E-state index is -0.398. The number of nitrogens with one attached hydrogen (secondary N) is 3. The predicted octanol–water partition coefficient (Wildman–Crippen LogP) is 0.414. The monoisotopic (exact) mass is 328 g/mol. The van der Waals surface area contributed by atoms with Gasteiger partial charge < -0.3 is 15.4 Å². The quantitative estimate of drug-likeness (QED) is 0.751. The predicted molar refractivity (Wildman–Crippen MR) is 72.4 cm³/mol. The molecule has 2 atom stereocenters. The molecule has 2 fully saturated rings. The number of fused-ring (bicyclic) bond motifs is 1. The van der Waals surface area contributed by atoms with Gasteiger partial charge in [-0.05, 0) is 34.8 Å². The standard InChI is InChI=1S/C12H17BrN4O2/c13-9-4-16-17-10(9)5-15-11(18)12-6-14-3-8(12)1-2-19-7-12/h4,8,14H,1-3,5-7H2,(H,15,18)(H,16,17)/t8-,12+/m1/s1. The molecule has 0 unspecified atom stereocenters. The highest BCUT2D eigenvalue weighted by Crippen LogP contribution is 2.37. The summed E-state index contributed by atoms with van der Waals surface area (Å²) < 4.78 is 6.42. The molecule has 2 aliphatic rings. The van der Waals surface area contributed by atoms with Crippen LogP contribution in [0.5, 0.6) is 0 Å². The molecule has 104 valence electrons. The van der Waals surface area contributed by atoms with Crippen molar-refractivity contribution in [2.45, 2.75) is 13.0 Å². The van der Waals surface area contributed by atoms with Gasteiger partial charge in [-0.2, -0.15) is 5.10 Å². The van der Waals surface area contributed by atoms with Crippen LogP contribution < -0.4 is 10.6 Å². The summed E-state index contributed by atoms with van der Waals surface area (Å²) in [6, 6.07) is 0. The number of aromatic amines is 1. The molecular formula is C12H17BrN4O2. The van der Waals surface area contributed by atoms with E-state index >= 15 is 0 Å². The molecule has 0 aromatic carbocycles. The number of aromatic nitrogens is 2. The lowest BCUT2D eigenvalue weighted by atomic mass is 9.75. The molecule has 2 aliphatic heterocycles. The van der Waals surface area contributed by atoms with Crippen molar-refractivity contribution in [2.24, 2.45) is 11.3 Å². The lowest BCUT2D eigenvalue weighted by molar-refractivity contribution is -0.141. The molecule has 19 heavy (non-hydrogen) atoms. The first-order valence-electron chi connectivity index (χ1n) is 6.47. The first-order valence-corrected chi connectivity index (χ1v) is 7.26. The second-order valence-electron chi connectivity index (χ2n) is 5.20. The number of carbonyl (C=O) groups is 1. The van der Waals surface area contributed by atoms with Crippen LogP contribution in [0.15, 0.2) is 10.7 Å². The highest BCUT2D eigenvalue weighted by molar-refractivity contribution is 9.10. The molecule has 3 rings (SSSR count). The van der Waals surface area contributed by atoms with Gasteiger partial charge in [0.15, 0.2) is 0 Å². The molecule has 0 radical (unpaired) electrons. The second-order valence-corrected chi connectivity index (χ2v) is 6.06. The average Bonchev–Trinajstić information content (AvgIpc) is 3.02. The number of nitrogens with zero attached hydrogens (tertiary/aromatic N) is 1. The first-order chi connectivity index (χ1) is 9.22. The van der Waals surface area contributed by atoms with Gasteiger partial charge >= 0.3 is 0 Å². The Balaban J connectivity index is 1.67. The van der Waals surface area contributed by atoms with Gasteiger partial charge in [0.1, 0.15) is 0 Å². The Morgan fingerprint density at radius 2 is 2.58 bits per heavy atom. The summed E-state index contributed by atoms with van der Waals surface area (Å²) in [5.41, 5.74) is 0.481. The van der Waals surface area contributed by atoms with E-state index in [9.17, 15) is 4.79 Å². The molecule has 0 spiro atoms. The van der Waals surface area contributed by atoms with E-state index in [1.807, 2.05) is 0 Å². The number of hydrogen-bond donors (Lipinski definition) is 3. The summed E-state index contributed by atoms with van der Waals surface area (Å²) in [5.74, 6) is 0.454. The fourth-order valence-electron chi connectivity index (χ4n) is 2.93. The molecule has 7 heteroatoms. The van der Waals surface area contributed by atoms with Gasteiger partial charge in [0.25, 0.3) is 0 Å². The molecular weight excluding hydrogens is 312 g/mol. The molecule has 0 aliphatic carbocycles. The smallest absolute Gasteiger partial charge is 0.230 e. The molecule has 1 amide bonds. The largest absolute Gasteiger partial charge is 0.380 e. The lowest BCUT2D eigenvalue weighted by Gasteiger charge is -2.36. The van der Waals surface area contributed by atoms with Gasteiger partial charge in [-0.3, -0.25) is 9.89 Å². The maximum absolute atomic E-state index is 12.5. The summed E-state index contributed by atoms with van der Waals surface area (Å²) in [4.78, 5) is 12.5. The third kappa shape index (κ3) is 2.30. The molecule has 3 N–H and O–H groups in total. The lowest BCUT2D eigenvalue weighted by Crippen LogP contribution is -2.51. The number of hydrogen-bond acceptors (Lipinski definition) is 4. The zero-order chi connectivity index (χ0) is 13.3. The Morgan fingerprint density at radius 1 is 1.68 bits per heavy atom. The van der Waals surface area contributed by atoms with E-state index in [4.69, 9.17) is 4.74 Å². The summed E-state index contributed by atoms with van der Waals surface area (Å²) in [7, 11) is 0. The van der Waals surface area contributed by atoms with Crippen molar-refractivity contribution in [3.8, 4) is 0 Å². The summed E-state index contributed by atoms with van der Waals surface area (Å²) in [5, 5.41) is 13.1. The zero-order valence-corrected chi connectivity index (χ0v) is 12.1. The van der Waals surface area contributed by atoms with Crippen LogP contribution in [0.3, 0.4) is 0 Å². The molecule has 6 nitrogen and oxygen atoms in total. The third-order valence-corrected chi connectivity index (χ3v) is 4.81. The number of carbonyl (C=O) groups excluding carboxylic acids is 1. The van der Waals surface area contributed by atoms with Crippen LogP contribution >= 0.6 is 15.9 Å². The van der Waals surface area contributed by atoms with E-state index in [-0.39, 0.29) is 5.91 Å². The van der Waals surface area contributed by atoms with E-state index in [0.717, 1.165) is 29.7 Å². The van der Waals surface area contributed by atoms with Crippen LogP contribution in [0.2, 0.25) is 0 Å². The van der Waals surface area contributed by atoms with Crippen LogP contribution in [0.1, 0.15) is 12.1 Å². The molecule has 2 saturated heterocycles. The Morgan fingerprint density at radius 3 is 3.37 bits per heavy atom. The Bertz CT molecular complexity index is 478. The molecule has 0 bridgehead atoms. The third-order valence-electron chi connectivity index (χ3n) is 4.13. The molecule has 3 heterocycles. The van der Waals surface area contributed by atoms with E-state index in [2.05, 4.69) is 36.8 Å². The van der Waals surface area contributed by atoms with Crippen molar-refractivity contribution >= 4 is 21.8 Å². The maximum Gasteiger partial charge on any atom is 0.230 e. The van der Waals surface area contributed by atoms with Gasteiger partial charge in [0.2, 0.25) is 5.91 Å². The molecule has 1 aromatic rings. The second kappa shape index (κ2) is 5.22. The van der Waals surface area contributed by atoms with Gasteiger partial charge in [-0.1, -0.05) is 0 Å². The van der Waals surface area contributed by atoms with Crippen LogP contribution in [0.4, 0.5) is 0 Å². The summed E-state index contributed by atoms with van der Waals surface area (Å²) in [6.45, 7) is 3.33. The zero-order valence-electron chi connectivity index (χ0n) is 10.5. The molecule has 1 aromatic heterocycles. The van der Waals surface area contributed by atoms with Crippen molar-refractivity contribution in [3.63, 3.8) is 0 Å². The van der Waals surface area contributed by atoms with Crippen LogP contribution in [0.25, 0.3) is 0 Å². The Labute approximate surface area is 119 Å². The maximum atomic E-state index is 12.5. The van der Waals surface area contributed by atoms with Crippen molar-refractivity contribution in [1.82, 2.24) is 20.8 Å². The van der Waals surface area contributed by atoms with Crippen molar-refractivity contribution < 1.29 is 9.53 Å². The Hall–Kier alpha value is -0.920. The van der Waals surface area contributed by atoms with Crippen LogP contribution in [-0.4, -0.2) is 42.4 Å². The summed E-state index contributed by atoms with van der Waals surface area (Å²) >= 11 is 3.39. The van der Waals surface area contributed by atoms with Crippen LogP contribution in [0, 0.1) is 11.3 Å². The van der Waals surface area contributed by atoms with Gasteiger partial charge in [-0.15, -0.1) is 0 Å². The number of halogens is 1. The number of amides is 1. The van der Waals surface area contributed by atoms with Crippen molar-refractivity contribution in [2.75, 3.05) is 26.3 Å². The van der Waals surface area contributed by atoms with E-state index < -0.39 is 5.41 Å². The van der Waals surface area contributed by atoms with E-state index in [1.54, 1.807) is 6.20 Å². The van der Waals surface area contributed by atoms with E-state index in [0.29, 0.717) is 25.6 Å². The normalized spacial score (nSPS) is 30.1. The number of rotatable bonds is 3. The molecule has 0 saturated carbocycles. The first kappa shape index (κ1) is 13.1. The summed E-state index contributed by atoms with van der Waals surface area (Å²) in [6.07, 6.45) is 2.64. The van der Waals surface area contributed by atoms with Crippen molar-refractivity contribution in [1.29, 1.82) is 0 Å². The van der Waals surface area contributed by atoms with Gasteiger partial charge in [0.05, 0.1) is 34.9 Å². The van der Waals surface area contributed by atoms with Gasteiger partial charge in [-0.25, -0.2) is 0 Å². The average molecular weight is 329 g/mol. The van der Waals surface area contributed by atoms with Crippen molar-refractivity contribution in [3.05, 3.63) is 16.4 Å². The SMILES string of the molecule is O=C(NCc1[nH]ncc1Br)[C@]12CNC[C@H]1CCOC2. The fourth-order valence-corrected chi connectivity index (χ4v) is 3.27. The Kier molecular flexibility index (Phi) is 3.60. The highest BCUT2D eigenvalue weighted by Gasteiger charge is 2.50. The van der Waals surface area contributed by atoms with E-state index in [1.165, 1.54) is 0 Å². The number of ether oxygens (including phenoxy) is 1. The number of H-pyrrole nitrogens is 1. The van der Waals surface area contributed by atoms with Gasteiger partial charge in [0, 0.05) is 13.2 Å². The highest BCUT2D eigenvalue weighted by atomic mass is 79.9. The minimum Gasteiger partial charge on any atom is -0.380 e. The topological polar surface area (TPSA) is 79.0 Å².